The van der Waals surface area contributed by atoms with Gasteiger partial charge in [-0.1, -0.05) is 31.9 Å². The molecule has 0 aliphatic heterocycles. The molecular formula is C12H21NO2. The number of methoxy groups -OCH3 is 2. The Morgan fingerprint density at radius 2 is 2.20 bits per heavy atom. The van der Waals surface area contributed by atoms with Gasteiger partial charge >= 0.3 is 0 Å². The van der Waals surface area contributed by atoms with E-state index in [4.69, 9.17) is 15.2 Å². The first-order chi connectivity index (χ1) is 7.21. The number of ether oxygens (including phenoxy) is 2. The standard InChI is InChI=1S/C12H21NO2/c1-4-5-9-12(15-3)10(13)7-6-8-11(12)14-2/h6-8,10H,4-5,9,13H2,1-3H3. The van der Waals surface area contributed by atoms with E-state index in [9.17, 15) is 0 Å². The maximum atomic E-state index is 6.10. The molecule has 0 saturated heterocycles. The van der Waals surface area contributed by atoms with E-state index in [-0.39, 0.29) is 6.04 Å². The number of nitrogens with two attached hydrogens (primary N) is 1. The number of rotatable bonds is 5. The van der Waals surface area contributed by atoms with Crippen LogP contribution in [0.2, 0.25) is 0 Å². The summed E-state index contributed by atoms with van der Waals surface area (Å²) in [6, 6.07) is -0.131. The summed E-state index contributed by atoms with van der Waals surface area (Å²) in [6.45, 7) is 2.16. The summed E-state index contributed by atoms with van der Waals surface area (Å²) in [5.74, 6) is 0.827. The van der Waals surface area contributed by atoms with Gasteiger partial charge in [0.05, 0.1) is 13.2 Å². The van der Waals surface area contributed by atoms with Crippen molar-refractivity contribution in [3.8, 4) is 0 Å². The highest BCUT2D eigenvalue weighted by Gasteiger charge is 2.41. The van der Waals surface area contributed by atoms with E-state index in [1.807, 2.05) is 18.2 Å². The lowest BCUT2D eigenvalue weighted by Crippen LogP contribution is -2.51. The molecule has 1 rings (SSSR count). The van der Waals surface area contributed by atoms with Crippen LogP contribution in [0.5, 0.6) is 0 Å². The summed E-state index contributed by atoms with van der Waals surface area (Å²) in [7, 11) is 3.36. The molecule has 0 saturated carbocycles. The first-order valence-electron chi connectivity index (χ1n) is 5.45. The summed E-state index contributed by atoms with van der Waals surface area (Å²) in [5.41, 5.74) is 5.63. The molecule has 2 N–H and O–H groups in total. The van der Waals surface area contributed by atoms with E-state index in [1.54, 1.807) is 14.2 Å². The number of hydrogen-bond acceptors (Lipinski definition) is 3. The molecule has 1 aliphatic carbocycles. The minimum Gasteiger partial charge on any atom is -0.498 e. The quantitative estimate of drug-likeness (QED) is 0.756. The number of hydrogen-bond donors (Lipinski definition) is 1. The minimum absolute atomic E-state index is 0.131. The molecule has 0 amide bonds. The Morgan fingerprint density at radius 3 is 2.73 bits per heavy atom. The van der Waals surface area contributed by atoms with Crippen LogP contribution in [0, 0.1) is 0 Å². The third kappa shape index (κ3) is 2.24. The maximum absolute atomic E-state index is 6.10. The number of allylic oxidation sites excluding steroid dienone is 2. The van der Waals surface area contributed by atoms with Crippen molar-refractivity contribution in [1.29, 1.82) is 0 Å². The first-order valence-corrected chi connectivity index (χ1v) is 5.45. The van der Waals surface area contributed by atoms with Gasteiger partial charge in [0.2, 0.25) is 0 Å². The molecule has 0 radical (unpaired) electrons. The highest BCUT2D eigenvalue weighted by molar-refractivity contribution is 5.29. The maximum Gasteiger partial charge on any atom is 0.143 e. The van der Waals surface area contributed by atoms with Crippen molar-refractivity contribution in [2.75, 3.05) is 14.2 Å². The average molecular weight is 211 g/mol. The molecule has 2 unspecified atom stereocenters. The van der Waals surface area contributed by atoms with Gasteiger partial charge in [-0.2, -0.15) is 0 Å². The largest absolute Gasteiger partial charge is 0.498 e. The molecule has 15 heavy (non-hydrogen) atoms. The fourth-order valence-electron chi connectivity index (χ4n) is 2.03. The van der Waals surface area contributed by atoms with E-state index in [2.05, 4.69) is 6.92 Å². The molecule has 2 atom stereocenters. The van der Waals surface area contributed by atoms with Crippen LogP contribution in [-0.4, -0.2) is 25.9 Å². The van der Waals surface area contributed by atoms with Crippen molar-refractivity contribution >= 4 is 0 Å². The zero-order chi connectivity index (χ0) is 11.3. The molecule has 1 aliphatic rings. The molecule has 0 aromatic carbocycles. The second-order valence-electron chi connectivity index (χ2n) is 3.84. The zero-order valence-corrected chi connectivity index (χ0v) is 9.82. The minimum atomic E-state index is -0.473. The van der Waals surface area contributed by atoms with Crippen LogP contribution >= 0.6 is 0 Å². The summed E-state index contributed by atoms with van der Waals surface area (Å²) < 4.78 is 11.0. The predicted molar refractivity (Wildman–Crippen MR) is 61.5 cm³/mol. The van der Waals surface area contributed by atoms with E-state index >= 15 is 0 Å². The zero-order valence-electron chi connectivity index (χ0n) is 9.82. The van der Waals surface area contributed by atoms with Gasteiger partial charge in [-0.3, -0.25) is 0 Å². The van der Waals surface area contributed by atoms with Crippen molar-refractivity contribution in [2.24, 2.45) is 5.73 Å². The highest BCUT2D eigenvalue weighted by atomic mass is 16.5. The van der Waals surface area contributed by atoms with Gasteiger partial charge in [0.25, 0.3) is 0 Å². The SMILES string of the molecule is CCCCC1(OC)C(OC)=CC=CC1N. The molecule has 0 spiro atoms. The Balaban J connectivity index is 2.91. The van der Waals surface area contributed by atoms with E-state index < -0.39 is 5.60 Å². The Labute approximate surface area is 91.9 Å². The van der Waals surface area contributed by atoms with Gasteiger partial charge < -0.3 is 15.2 Å². The third-order valence-electron chi connectivity index (χ3n) is 3.01. The molecule has 0 bridgehead atoms. The summed E-state index contributed by atoms with van der Waals surface area (Å²) >= 11 is 0. The molecular weight excluding hydrogens is 190 g/mol. The van der Waals surface area contributed by atoms with Crippen LogP contribution in [-0.2, 0) is 9.47 Å². The van der Waals surface area contributed by atoms with Crippen LogP contribution in [0.25, 0.3) is 0 Å². The van der Waals surface area contributed by atoms with Gasteiger partial charge in [-0.15, -0.1) is 0 Å². The van der Waals surface area contributed by atoms with E-state index in [0.29, 0.717) is 0 Å². The lowest BCUT2D eigenvalue weighted by Gasteiger charge is -2.39. The normalized spacial score (nSPS) is 30.1. The van der Waals surface area contributed by atoms with Crippen LogP contribution in [0.1, 0.15) is 26.2 Å². The Bertz CT molecular complexity index is 260. The summed E-state index contributed by atoms with van der Waals surface area (Å²) in [6.07, 6.45) is 8.91. The van der Waals surface area contributed by atoms with E-state index in [1.165, 1.54) is 0 Å². The fraction of sp³-hybridized carbons (Fsp3) is 0.667. The lowest BCUT2D eigenvalue weighted by molar-refractivity contribution is -0.0368. The first kappa shape index (κ1) is 12.3. The van der Waals surface area contributed by atoms with Crippen LogP contribution in [0.4, 0.5) is 0 Å². The molecule has 3 nitrogen and oxygen atoms in total. The Kier molecular flexibility index (Phi) is 4.36. The van der Waals surface area contributed by atoms with Gasteiger partial charge in [0.1, 0.15) is 11.4 Å². The number of unbranched alkanes of at least 4 members (excludes halogenated alkanes) is 1. The summed E-state index contributed by atoms with van der Waals surface area (Å²) in [4.78, 5) is 0. The van der Waals surface area contributed by atoms with Crippen molar-refractivity contribution in [1.82, 2.24) is 0 Å². The lowest BCUT2D eigenvalue weighted by atomic mass is 9.83. The molecule has 86 valence electrons. The van der Waals surface area contributed by atoms with Gasteiger partial charge in [-0.05, 0) is 12.5 Å². The smallest absolute Gasteiger partial charge is 0.143 e. The predicted octanol–water partition coefficient (Wildman–Crippen LogP) is 1.99. The Hall–Kier alpha value is -0.800. The monoisotopic (exact) mass is 211 g/mol. The second-order valence-corrected chi connectivity index (χ2v) is 3.84. The van der Waals surface area contributed by atoms with Crippen molar-refractivity contribution in [3.63, 3.8) is 0 Å². The summed E-state index contributed by atoms with van der Waals surface area (Å²) in [5, 5.41) is 0. The second kappa shape index (κ2) is 5.33. The fourth-order valence-corrected chi connectivity index (χ4v) is 2.03. The van der Waals surface area contributed by atoms with Gasteiger partial charge in [0, 0.05) is 7.11 Å². The van der Waals surface area contributed by atoms with E-state index in [0.717, 1.165) is 25.0 Å². The Morgan fingerprint density at radius 1 is 1.47 bits per heavy atom. The third-order valence-corrected chi connectivity index (χ3v) is 3.01. The highest BCUT2D eigenvalue weighted by Crippen LogP contribution is 2.33. The van der Waals surface area contributed by atoms with Crippen LogP contribution in [0.3, 0.4) is 0 Å². The van der Waals surface area contributed by atoms with Gasteiger partial charge in [0.15, 0.2) is 0 Å². The van der Waals surface area contributed by atoms with Crippen LogP contribution in [0.15, 0.2) is 24.0 Å². The van der Waals surface area contributed by atoms with Crippen molar-refractivity contribution < 1.29 is 9.47 Å². The molecule has 0 heterocycles. The van der Waals surface area contributed by atoms with Gasteiger partial charge in [-0.25, -0.2) is 0 Å². The average Bonchev–Trinajstić information content (AvgIpc) is 2.27. The molecule has 0 fully saturated rings. The van der Waals surface area contributed by atoms with Crippen LogP contribution < -0.4 is 5.73 Å². The van der Waals surface area contributed by atoms with Crippen molar-refractivity contribution in [3.05, 3.63) is 24.0 Å². The molecule has 0 aromatic rings. The van der Waals surface area contributed by atoms with Crippen molar-refractivity contribution in [2.45, 2.75) is 37.8 Å². The molecule has 0 aromatic heterocycles. The molecule has 3 heteroatoms. The topological polar surface area (TPSA) is 44.5 Å².